The summed E-state index contributed by atoms with van der Waals surface area (Å²) >= 11 is 1.72. The van der Waals surface area contributed by atoms with Crippen molar-refractivity contribution in [2.24, 2.45) is 0 Å². The van der Waals surface area contributed by atoms with E-state index < -0.39 is 60.4 Å². The number of benzene rings is 5. The third kappa shape index (κ3) is 4.00. The van der Waals surface area contributed by atoms with E-state index in [1.54, 1.807) is 23.5 Å². The van der Waals surface area contributed by atoms with Gasteiger partial charge in [0.2, 0.25) is 0 Å². The molecule has 0 fully saturated rings. The van der Waals surface area contributed by atoms with Crippen LogP contribution in [0.1, 0.15) is 13.7 Å². The van der Waals surface area contributed by atoms with Crippen molar-refractivity contribution in [3.8, 4) is 40.0 Å². The molecule has 4 aromatic heterocycles. The summed E-state index contributed by atoms with van der Waals surface area (Å²) in [5.74, 6) is -0.131. The van der Waals surface area contributed by atoms with Gasteiger partial charge in [0.25, 0.3) is 0 Å². The lowest BCUT2D eigenvalue weighted by molar-refractivity contribution is 1.05. The monoisotopic (exact) mass is 591 g/mol. The third-order valence-corrected chi connectivity index (χ3v) is 8.62. The Kier molecular flexibility index (Phi) is 3.79. The summed E-state index contributed by atoms with van der Waals surface area (Å²) in [7, 11) is 0. The summed E-state index contributed by atoms with van der Waals surface area (Å²) in [4.78, 5) is 18.2. The Bertz CT molecular complexity index is 2920. The molecule has 0 aliphatic carbocycles. The van der Waals surface area contributed by atoms with Gasteiger partial charge < -0.3 is 0 Å². The predicted octanol–water partition coefficient (Wildman–Crippen LogP) is 9.73. The number of nitrogens with zero attached hydrogens (tertiary/aromatic N) is 5. The molecule has 0 atom stereocenters. The number of aromatic nitrogens is 5. The number of thiophene rings is 1. The minimum atomic E-state index is -0.609. The van der Waals surface area contributed by atoms with Crippen LogP contribution in [0.4, 0.5) is 0 Å². The summed E-state index contributed by atoms with van der Waals surface area (Å²) in [5, 5.41) is 4.49. The molecular weight excluding hydrogens is 559 g/mol. The van der Waals surface area contributed by atoms with Crippen LogP contribution in [0.2, 0.25) is 0 Å². The highest BCUT2D eigenvalue weighted by molar-refractivity contribution is 7.25. The maximum Gasteiger partial charge on any atom is 0.165 e. The van der Waals surface area contributed by atoms with Crippen LogP contribution in [0.5, 0.6) is 0 Å². The fourth-order valence-electron chi connectivity index (χ4n) is 5.54. The highest BCUT2D eigenvalue weighted by atomic mass is 32.1. The summed E-state index contributed by atoms with van der Waals surface area (Å²) in [6, 6.07) is 18.4. The van der Waals surface area contributed by atoms with E-state index in [4.69, 9.17) is 18.7 Å². The van der Waals surface area contributed by atoms with Gasteiger partial charge in [0.1, 0.15) is 5.82 Å². The van der Waals surface area contributed by atoms with Gasteiger partial charge in [-0.1, -0.05) is 96.8 Å². The first-order valence-corrected chi connectivity index (χ1v) is 14.5. The molecule has 44 heavy (non-hydrogen) atoms. The van der Waals surface area contributed by atoms with E-state index in [0.29, 0.717) is 11.4 Å². The van der Waals surface area contributed by atoms with Crippen molar-refractivity contribution in [3.05, 3.63) is 139 Å². The molecule has 0 radical (unpaired) electrons. The highest BCUT2D eigenvalue weighted by Crippen LogP contribution is 2.40. The molecule has 206 valence electrons. The normalized spacial score (nSPS) is 14.8. The number of hydrogen-bond acceptors (Lipinski definition) is 5. The molecule has 0 amide bonds. The molecule has 9 aromatic rings. The number of fused-ring (bicyclic) bond motifs is 6. The van der Waals surface area contributed by atoms with Crippen molar-refractivity contribution in [2.75, 3.05) is 0 Å². The standard InChI is InChI=1S/C38H23N5S/c1-3-11-24(12-4-1)36-40-37(25-13-5-2-6-14-25)42-38(41-36)26-19-20-35(39-23-26)43-31-17-9-7-15-27(31)29-21-30-28-16-8-10-18-33(28)44-34(30)22-32(29)43/h1-23H/i1D,2D,3D,4D,5D,6D,11D,12D,13D,14D. The van der Waals surface area contributed by atoms with Gasteiger partial charge in [0.15, 0.2) is 17.5 Å². The molecule has 9 rings (SSSR count). The fourth-order valence-corrected chi connectivity index (χ4v) is 6.66. The van der Waals surface area contributed by atoms with Crippen LogP contribution in [0.3, 0.4) is 0 Å². The molecule has 0 aliphatic heterocycles. The van der Waals surface area contributed by atoms with Crippen LogP contribution in [0.25, 0.3) is 82.0 Å². The second-order valence-corrected chi connectivity index (χ2v) is 11.1. The van der Waals surface area contributed by atoms with Crippen molar-refractivity contribution in [3.63, 3.8) is 0 Å². The van der Waals surface area contributed by atoms with Crippen LogP contribution in [-0.4, -0.2) is 24.5 Å². The predicted molar refractivity (Wildman–Crippen MR) is 181 cm³/mol. The topological polar surface area (TPSA) is 56.5 Å². The Labute approximate surface area is 270 Å². The zero-order valence-corrected chi connectivity index (χ0v) is 23.5. The summed E-state index contributed by atoms with van der Waals surface area (Å²) in [6.07, 6.45) is 1.53. The fraction of sp³-hybridized carbons (Fsp3) is 0. The van der Waals surface area contributed by atoms with Crippen LogP contribution < -0.4 is 0 Å². The molecule has 5 nitrogen and oxygen atoms in total. The summed E-state index contributed by atoms with van der Waals surface area (Å²) in [5.41, 5.74) is 1.59. The van der Waals surface area contributed by atoms with Gasteiger partial charge in [-0.3, -0.25) is 4.57 Å². The van der Waals surface area contributed by atoms with Crippen molar-refractivity contribution in [1.29, 1.82) is 0 Å². The van der Waals surface area contributed by atoms with Crippen LogP contribution in [0, 0.1) is 0 Å². The zero-order valence-electron chi connectivity index (χ0n) is 32.6. The summed E-state index contributed by atoms with van der Waals surface area (Å²) < 4.78 is 87.7. The molecule has 0 bridgehead atoms. The number of rotatable bonds is 4. The van der Waals surface area contributed by atoms with Crippen molar-refractivity contribution in [2.45, 2.75) is 0 Å². The first-order chi connectivity index (χ1) is 25.9. The third-order valence-electron chi connectivity index (χ3n) is 7.49. The Morgan fingerprint density at radius 3 is 1.84 bits per heavy atom. The van der Waals surface area contributed by atoms with Gasteiger partial charge in [0.05, 0.1) is 24.7 Å². The van der Waals surface area contributed by atoms with Gasteiger partial charge in [-0.05, 0) is 36.4 Å². The molecule has 0 aliphatic rings. The average Bonchev–Trinajstić information content (AvgIpc) is 3.71. The van der Waals surface area contributed by atoms with Crippen LogP contribution in [-0.2, 0) is 0 Å². The van der Waals surface area contributed by atoms with Crippen molar-refractivity contribution >= 4 is 53.3 Å². The van der Waals surface area contributed by atoms with E-state index in [1.165, 1.54) is 21.7 Å². The molecule has 5 aromatic carbocycles. The minimum Gasteiger partial charge on any atom is -0.294 e. The molecule has 0 saturated carbocycles. The molecule has 4 heterocycles. The van der Waals surface area contributed by atoms with E-state index in [9.17, 15) is 0 Å². The number of hydrogen-bond donors (Lipinski definition) is 0. The smallest absolute Gasteiger partial charge is 0.165 e. The Morgan fingerprint density at radius 2 is 1.16 bits per heavy atom. The molecule has 0 saturated heterocycles. The lowest BCUT2D eigenvalue weighted by atomic mass is 10.1. The second kappa shape index (κ2) is 9.93. The largest absolute Gasteiger partial charge is 0.294 e. The highest BCUT2D eigenvalue weighted by Gasteiger charge is 2.17. The number of para-hydroxylation sites is 1. The van der Waals surface area contributed by atoms with E-state index in [0.717, 1.165) is 26.5 Å². The van der Waals surface area contributed by atoms with E-state index in [2.05, 4.69) is 49.9 Å². The Morgan fingerprint density at radius 1 is 0.523 bits per heavy atom. The van der Waals surface area contributed by atoms with Gasteiger partial charge >= 0.3 is 0 Å². The quantitative estimate of drug-likeness (QED) is 0.204. The lowest BCUT2D eigenvalue weighted by Gasteiger charge is -2.10. The van der Waals surface area contributed by atoms with Gasteiger partial charge in [-0.25, -0.2) is 19.9 Å². The first kappa shape index (κ1) is 16.8. The maximum atomic E-state index is 8.58. The Balaban J connectivity index is 1.25. The minimum absolute atomic E-state index is 0.0538. The molecule has 0 N–H and O–H groups in total. The SMILES string of the molecule is [2H]c1c([2H])c([2H])c(-c2nc(-c3ccc(-n4c5ccccc5c5cc6c(cc54)sc4ccccc46)nc3)nc(-c3c([2H])c([2H])c([2H])c([2H])c3[2H])n2)c([2H])c1[2H]. The van der Waals surface area contributed by atoms with E-state index in [1.807, 2.05) is 30.3 Å². The molecule has 0 spiro atoms. The van der Waals surface area contributed by atoms with Gasteiger partial charge in [-0.15, -0.1) is 11.3 Å². The van der Waals surface area contributed by atoms with E-state index >= 15 is 0 Å². The summed E-state index contributed by atoms with van der Waals surface area (Å²) in [6.45, 7) is 0. The van der Waals surface area contributed by atoms with Gasteiger partial charge in [0, 0.05) is 53.8 Å². The first-order valence-electron chi connectivity index (χ1n) is 18.7. The molecule has 6 heteroatoms. The number of pyridine rings is 1. The van der Waals surface area contributed by atoms with Crippen molar-refractivity contribution in [1.82, 2.24) is 24.5 Å². The van der Waals surface area contributed by atoms with Gasteiger partial charge in [-0.2, -0.15) is 0 Å². The molecular formula is C38H23N5S. The maximum absolute atomic E-state index is 8.58. The van der Waals surface area contributed by atoms with Crippen LogP contribution >= 0.6 is 11.3 Å². The van der Waals surface area contributed by atoms with Crippen LogP contribution in [0.15, 0.2) is 139 Å². The average molecular weight is 592 g/mol. The second-order valence-electron chi connectivity index (χ2n) is 10.0. The van der Waals surface area contributed by atoms with E-state index in [-0.39, 0.29) is 28.6 Å². The lowest BCUT2D eigenvalue weighted by Crippen LogP contribution is -2.01. The zero-order chi connectivity index (χ0) is 37.7. The molecule has 0 unspecified atom stereocenters. The Hall–Kier alpha value is -5.72. The van der Waals surface area contributed by atoms with Crippen molar-refractivity contribution < 1.29 is 13.7 Å².